The van der Waals surface area contributed by atoms with Crippen molar-refractivity contribution in [2.45, 2.75) is 39.0 Å². The molecule has 0 bridgehead atoms. The largest absolute Gasteiger partial charge is 0.481 e. The van der Waals surface area contributed by atoms with Gasteiger partial charge in [0.05, 0.1) is 5.41 Å². The van der Waals surface area contributed by atoms with Crippen molar-refractivity contribution in [1.29, 1.82) is 0 Å². The van der Waals surface area contributed by atoms with E-state index < -0.39 is 11.4 Å². The summed E-state index contributed by atoms with van der Waals surface area (Å²) in [6.07, 6.45) is 3.88. The SMILES string of the molecule is CC1CCC(Cc2ccc(Cl)cc2Cl)(C(=O)O)CC1. The quantitative estimate of drug-likeness (QED) is 0.869. The topological polar surface area (TPSA) is 37.3 Å². The van der Waals surface area contributed by atoms with Crippen LogP contribution in [0.15, 0.2) is 18.2 Å². The van der Waals surface area contributed by atoms with Gasteiger partial charge in [-0.25, -0.2) is 0 Å². The molecule has 1 aliphatic carbocycles. The molecule has 0 aromatic heterocycles. The molecule has 1 aliphatic rings. The van der Waals surface area contributed by atoms with Crippen LogP contribution in [0, 0.1) is 11.3 Å². The Labute approximate surface area is 123 Å². The molecule has 0 aliphatic heterocycles. The van der Waals surface area contributed by atoms with Gasteiger partial charge in [-0.2, -0.15) is 0 Å². The van der Waals surface area contributed by atoms with Gasteiger partial charge in [0.15, 0.2) is 0 Å². The Balaban J connectivity index is 2.24. The molecule has 0 unspecified atom stereocenters. The number of carboxylic acids is 1. The smallest absolute Gasteiger partial charge is 0.309 e. The lowest BCUT2D eigenvalue weighted by molar-refractivity contribution is -0.151. The summed E-state index contributed by atoms with van der Waals surface area (Å²) in [4.78, 5) is 11.7. The van der Waals surface area contributed by atoms with Gasteiger partial charge in [0, 0.05) is 10.0 Å². The average Bonchev–Trinajstić information content (AvgIpc) is 2.35. The molecule has 0 atom stereocenters. The van der Waals surface area contributed by atoms with Crippen LogP contribution in [0.3, 0.4) is 0 Å². The summed E-state index contributed by atoms with van der Waals surface area (Å²) in [5.74, 6) is -0.0846. The fourth-order valence-corrected chi connectivity index (χ4v) is 3.29. The van der Waals surface area contributed by atoms with E-state index in [9.17, 15) is 9.90 Å². The van der Waals surface area contributed by atoms with Crippen molar-refractivity contribution in [2.75, 3.05) is 0 Å². The van der Waals surface area contributed by atoms with E-state index in [4.69, 9.17) is 23.2 Å². The van der Waals surface area contributed by atoms with Crippen LogP contribution in [0.4, 0.5) is 0 Å². The number of hydrogen-bond donors (Lipinski definition) is 1. The van der Waals surface area contributed by atoms with Crippen LogP contribution in [-0.4, -0.2) is 11.1 Å². The molecule has 0 amide bonds. The van der Waals surface area contributed by atoms with E-state index >= 15 is 0 Å². The van der Waals surface area contributed by atoms with Crippen LogP contribution in [0.25, 0.3) is 0 Å². The molecular weight excluding hydrogens is 283 g/mol. The highest BCUT2D eigenvalue weighted by atomic mass is 35.5. The number of carbonyl (C=O) groups is 1. The highest BCUT2D eigenvalue weighted by Gasteiger charge is 2.41. The second-order valence-corrected chi connectivity index (χ2v) is 6.52. The Bertz CT molecular complexity index is 477. The van der Waals surface area contributed by atoms with Crippen molar-refractivity contribution in [3.05, 3.63) is 33.8 Å². The standard InChI is InChI=1S/C15H18Cl2O2/c1-10-4-6-15(7-5-10,14(18)19)9-11-2-3-12(16)8-13(11)17/h2-3,8,10H,4-7,9H2,1H3,(H,18,19). The van der Waals surface area contributed by atoms with E-state index in [1.165, 1.54) is 0 Å². The van der Waals surface area contributed by atoms with Crippen LogP contribution in [-0.2, 0) is 11.2 Å². The van der Waals surface area contributed by atoms with Crippen molar-refractivity contribution in [3.8, 4) is 0 Å². The van der Waals surface area contributed by atoms with E-state index in [1.54, 1.807) is 12.1 Å². The second-order valence-electron chi connectivity index (χ2n) is 5.68. The molecule has 2 nitrogen and oxygen atoms in total. The van der Waals surface area contributed by atoms with Gasteiger partial charge in [-0.15, -0.1) is 0 Å². The first-order chi connectivity index (χ1) is 8.93. The predicted octanol–water partition coefficient (Wildman–Crippen LogP) is 4.82. The Morgan fingerprint density at radius 1 is 1.37 bits per heavy atom. The zero-order chi connectivity index (χ0) is 14.0. The minimum Gasteiger partial charge on any atom is -0.481 e. The predicted molar refractivity (Wildman–Crippen MR) is 77.9 cm³/mol. The number of rotatable bonds is 3. The summed E-state index contributed by atoms with van der Waals surface area (Å²) in [5.41, 5.74) is 0.215. The van der Waals surface area contributed by atoms with Crippen LogP contribution in [0.2, 0.25) is 10.0 Å². The maximum Gasteiger partial charge on any atom is 0.309 e. The van der Waals surface area contributed by atoms with Crippen LogP contribution >= 0.6 is 23.2 Å². The summed E-state index contributed by atoms with van der Waals surface area (Å²) in [6.45, 7) is 2.18. The summed E-state index contributed by atoms with van der Waals surface area (Å²) in [7, 11) is 0. The van der Waals surface area contributed by atoms with E-state index in [0.717, 1.165) is 31.2 Å². The fraction of sp³-hybridized carbons (Fsp3) is 0.533. The van der Waals surface area contributed by atoms with E-state index in [-0.39, 0.29) is 0 Å². The Kier molecular flexibility index (Phi) is 4.42. The lowest BCUT2D eigenvalue weighted by Gasteiger charge is -2.36. The van der Waals surface area contributed by atoms with E-state index in [1.807, 2.05) is 6.07 Å². The molecule has 0 radical (unpaired) electrons. The fourth-order valence-electron chi connectivity index (χ4n) is 2.81. The second kappa shape index (κ2) is 5.72. The normalized spacial score (nSPS) is 27.2. The van der Waals surface area contributed by atoms with E-state index in [2.05, 4.69) is 6.92 Å². The highest BCUT2D eigenvalue weighted by Crippen LogP contribution is 2.42. The van der Waals surface area contributed by atoms with Gasteiger partial charge < -0.3 is 5.11 Å². The third-order valence-corrected chi connectivity index (χ3v) is 4.82. The average molecular weight is 301 g/mol. The molecule has 0 saturated heterocycles. The Hall–Kier alpha value is -0.730. The molecule has 1 fully saturated rings. The summed E-state index contributed by atoms with van der Waals surface area (Å²) in [6, 6.07) is 5.29. The van der Waals surface area contributed by atoms with Gasteiger partial charge >= 0.3 is 5.97 Å². The Morgan fingerprint density at radius 2 is 2.00 bits per heavy atom. The molecule has 19 heavy (non-hydrogen) atoms. The van der Waals surface area contributed by atoms with Crippen molar-refractivity contribution < 1.29 is 9.90 Å². The Morgan fingerprint density at radius 3 is 2.53 bits per heavy atom. The molecular formula is C15H18Cl2O2. The summed E-state index contributed by atoms with van der Waals surface area (Å²) in [5, 5.41) is 10.8. The number of aliphatic carboxylic acids is 1. The van der Waals surface area contributed by atoms with Gasteiger partial charge in [-0.3, -0.25) is 4.79 Å². The third kappa shape index (κ3) is 3.24. The number of benzene rings is 1. The van der Waals surface area contributed by atoms with Crippen molar-refractivity contribution in [3.63, 3.8) is 0 Å². The molecule has 4 heteroatoms. The van der Waals surface area contributed by atoms with Gasteiger partial charge in [-0.1, -0.05) is 36.2 Å². The molecule has 104 valence electrons. The van der Waals surface area contributed by atoms with Crippen LogP contribution in [0.5, 0.6) is 0 Å². The first kappa shape index (κ1) is 14.7. The zero-order valence-corrected chi connectivity index (χ0v) is 12.5. The monoisotopic (exact) mass is 300 g/mol. The van der Waals surface area contributed by atoms with Crippen molar-refractivity contribution >= 4 is 29.2 Å². The zero-order valence-electron chi connectivity index (χ0n) is 11.0. The minimum atomic E-state index is -0.703. The minimum absolute atomic E-state index is 0.491. The van der Waals surface area contributed by atoms with Gasteiger partial charge in [0.1, 0.15) is 0 Å². The molecule has 1 N–H and O–H groups in total. The maximum absolute atomic E-state index is 11.7. The van der Waals surface area contributed by atoms with Gasteiger partial charge in [0.25, 0.3) is 0 Å². The third-order valence-electron chi connectivity index (χ3n) is 4.23. The van der Waals surface area contributed by atoms with Gasteiger partial charge in [-0.05, 0) is 55.7 Å². The highest BCUT2D eigenvalue weighted by molar-refractivity contribution is 6.35. The summed E-state index contributed by atoms with van der Waals surface area (Å²) < 4.78 is 0. The lowest BCUT2D eigenvalue weighted by atomic mass is 9.68. The first-order valence-corrected chi connectivity index (χ1v) is 7.36. The molecule has 1 aromatic carbocycles. The van der Waals surface area contributed by atoms with Crippen LogP contribution in [0.1, 0.15) is 38.2 Å². The molecule has 0 spiro atoms. The van der Waals surface area contributed by atoms with E-state index in [0.29, 0.717) is 22.4 Å². The molecule has 1 saturated carbocycles. The number of hydrogen-bond acceptors (Lipinski definition) is 1. The summed E-state index contributed by atoms with van der Waals surface area (Å²) >= 11 is 12.0. The molecule has 1 aromatic rings. The first-order valence-electron chi connectivity index (χ1n) is 6.60. The molecule has 0 heterocycles. The lowest BCUT2D eigenvalue weighted by Crippen LogP contribution is -2.37. The van der Waals surface area contributed by atoms with Crippen molar-refractivity contribution in [2.24, 2.45) is 11.3 Å². The number of carboxylic acid groups (broad SMARTS) is 1. The van der Waals surface area contributed by atoms with Gasteiger partial charge in [0.2, 0.25) is 0 Å². The maximum atomic E-state index is 11.7. The number of halogens is 2. The van der Waals surface area contributed by atoms with Crippen molar-refractivity contribution in [1.82, 2.24) is 0 Å². The molecule has 2 rings (SSSR count). The van der Waals surface area contributed by atoms with Crippen LogP contribution < -0.4 is 0 Å².